The van der Waals surface area contributed by atoms with Gasteiger partial charge in [-0.15, -0.1) is 0 Å². The van der Waals surface area contributed by atoms with Crippen LogP contribution in [0.2, 0.25) is 0 Å². The zero-order valence-corrected chi connectivity index (χ0v) is 16.3. The average molecular weight is 393 g/mol. The maximum Gasteiger partial charge on any atom is 0.421 e. The molecule has 0 N–H and O–H groups in total. The van der Waals surface area contributed by atoms with Crippen molar-refractivity contribution in [2.75, 3.05) is 11.9 Å². The number of para-hydroxylation sites is 1. The SMILES string of the molecule is CCCCc1ccccc1N(C)c1nc(OC2CCCC2)ncc1C(F)(F)F. The van der Waals surface area contributed by atoms with E-state index in [9.17, 15) is 13.2 Å². The Morgan fingerprint density at radius 3 is 2.57 bits per heavy atom. The molecule has 7 heteroatoms. The van der Waals surface area contributed by atoms with Crippen LogP contribution in [0, 0.1) is 0 Å². The molecule has 0 atom stereocenters. The number of rotatable bonds is 7. The van der Waals surface area contributed by atoms with Crippen molar-refractivity contribution < 1.29 is 17.9 Å². The quantitative estimate of drug-likeness (QED) is 0.585. The molecule has 1 aromatic carbocycles. The summed E-state index contributed by atoms with van der Waals surface area (Å²) in [5.74, 6) is -0.181. The van der Waals surface area contributed by atoms with Crippen molar-refractivity contribution in [1.29, 1.82) is 0 Å². The minimum Gasteiger partial charge on any atom is -0.460 e. The molecule has 1 heterocycles. The molecule has 1 aromatic heterocycles. The number of alkyl halides is 3. The highest BCUT2D eigenvalue weighted by Gasteiger charge is 2.37. The normalized spacial score (nSPS) is 15.0. The van der Waals surface area contributed by atoms with Gasteiger partial charge in [0.15, 0.2) is 5.82 Å². The van der Waals surface area contributed by atoms with E-state index in [0.717, 1.165) is 56.7 Å². The van der Waals surface area contributed by atoms with Gasteiger partial charge in [-0.2, -0.15) is 18.2 Å². The molecule has 1 aliphatic carbocycles. The maximum absolute atomic E-state index is 13.6. The van der Waals surface area contributed by atoms with Crippen LogP contribution in [0.4, 0.5) is 24.7 Å². The summed E-state index contributed by atoms with van der Waals surface area (Å²) in [6, 6.07) is 7.51. The average Bonchev–Trinajstić information content (AvgIpc) is 3.18. The highest BCUT2D eigenvalue weighted by Crippen LogP contribution is 2.39. The van der Waals surface area contributed by atoms with Crippen molar-refractivity contribution in [3.8, 4) is 6.01 Å². The van der Waals surface area contributed by atoms with E-state index >= 15 is 0 Å². The van der Waals surface area contributed by atoms with Gasteiger partial charge in [-0.25, -0.2) is 4.98 Å². The summed E-state index contributed by atoms with van der Waals surface area (Å²) in [5.41, 5.74) is 0.850. The number of aromatic nitrogens is 2. The molecule has 0 unspecified atom stereocenters. The Hall–Kier alpha value is -2.31. The minimum atomic E-state index is -4.55. The van der Waals surface area contributed by atoms with Crippen LogP contribution in [0.1, 0.15) is 56.6 Å². The number of hydrogen-bond acceptors (Lipinski definition) is 4. The molecule has 28 heavy (non-hydrogen) atoms. The molecule has 0 bridgehead atoms. The van der Waals surface area contributed by atoms with E-state index < -0.39 is 11.7 Å². The predicted molar refractivity (Wildman–Crippen MR) is 103 cm³/mol. The number of aryl methyl sites for hydroxylation is 1. The van der Waals surface area contributed by atoms with Crippen LogP contribution in [-0.4, -0.2) is 23.1 Å². The number of nitrogens with zero attached hydrogens (tertiary/aromatic N) is 3. The second kappa shape index (κ2) is 8.80. The zero-order chi connectivity index (χ0) is 20.1. The summed E-state index contributed by atoms with van der Waals surface area (Å²) in [5, 5.41) is 0. The third-order valence-electron chi connectivity index (χ3n) is 5.10. The molecule has 0 aliphatic heterocycles. The Morgan fingerprint density at radius 2 is 1.89 bits per heavy atom. The lowest BCUT2D eigenvalue weighted by atomic mass is 10.1. The van der Waals surface area contributed by atoms with Crippen LogP contribution in [0.3, 0.4) is 0 Å². The molecule has 0 spiro atoms. The van der Waals surface area contributed by atoms with E-state index in [1.54, 1.807) is 7.05 Å². The molecule has 2 aromatic rings. The molecule has 0 saturated heterocycles. The van der Waals surface area contributed by atoms with Crippen molar-refractivity contribution in [1.82, 2.24) is 9.97 Å². The van der Waals surface area contributed by atoms with Gasteiger partial charge >= 0.3 is 12.2 Å². The molecule has 0 amide bonds. The van der Waals surface area contributed by atoms with Gasteiger partial charge in [0, 0.05) is 18.9 Å². The number of hydrogen-bond donors (Lipinski definition) is 0. The molecule has 0 radical (unpaired) electrons. The molecule has 152 valence electrons. The molecular weight excluding hydrogens is 367 g/mol. The molecule has 1 aliphatic rings. The number of ether oxygens (including phenoxy) is 1. The third-order valence-corrected chi connectivity index (χ3v) is 5.10. The fourth-order valence-electron chi connectivity index (χ4n) is 3.56. The fourth-order valence-corrected chi connectivity index (χ4v) is 3.56. The van der Waals surface area contributed by atoms with Crippen LogP contribution in [0.5, 0.6) is 6.01 Å². The van der Waals surface area contributed by atoms with E-state index in [0.29, 0.717) is 5.69 Å². The van der Waals surface area contributed by atoms with Crippen LogP contribution >= 0.6 is 0 Å². The van der Waals surface area contributed by atoms with Gasteiger partial charge in [0.1, 0.15) is 11.7 Å². The Labute approximate surface area is 163 Å². The highest BCUT2D eigenvalue weighted by molar-refractivity contribution is 5.66. The first-order valence-electron chi connectivity index (χ1n) is 9.82. The monoisotopic (exact) mass is 393 g/mol. The predicted octanol–water partition coefficient (Wildman–Crippen LogP) is 5.93. The Bertz CT molecular complexity index is 789. The minimum absolute atomic E-state index is 0.00721. The second-order valence-corrected chi connectivity index (χ2v) is 7.20. The van der Waals surface area contributed by atoms with Gasteiger partial charge in [0.2, 0.25) is 0 Å². The van der Waals surface area contributed by atoms with Crippen LogP contribution in [0.25, 0.3) is 0 Å². The maximum atomic E-state index is 13.6. The highest BCUT2D eigenvalue weighted by atomic mass is 19.4. The Morgan fingerprint density at radius 1 is 1.18 bits per heavy atom. The van der Waals surface area contributed by atoms with Crippen molar-refractivity contribution in [3.63, 3.8) is 0 Å². The first-order valence-corrected chi connectivity index (χ1v) is 9.82. The summed E-state index contributed by atoms with van der Waals surface area (Å²) in [6.45, 7) is 2.09. The summed E-state index contributed by atoms with van der Waals surface area (Å²) >= 11 is 0. The first-order chi connectivity index (χ1) is 13.4. The Balaban J connectivity index is 1.97. The summed E-state index contributed by atoms with van der Waals surface area (Å²) in [6.07, 6.45) is 2.93. The van der Waals surface area contributed by atoms with E-state index in [-0.39, 0.29) is 17.9 Å². The van der Waals surface area contributed by atoms with Crippen molar-refractivity contribution in [2.45, 2.75) is 64.1 Å². The van der Waals surface area contributed by atoms with Crippen molar-refractivity contribution in [3.05, 3.63) is 41.6 Å². The zero-order valence-electron chi connectivity index (χ0n) is 16.3. The second-order valence-electron chi connectivity index (χ2n) is 7.20. The molecule has 3 rings (SSSR count). The van der Waals surface area contributed by atoms with Crippen molar-refractivity contribution in [2.24, 2.45) is 0 Å². The summed E-state index contributed by atoms with van der Waals surface area (Å²) < 4.78 is 46.6. The summed E-state index contributed by atoms with van der Waals surface area (Å²) in [7, 11) is 1.61. The third kappa shape index (κ3) is 4.75. The number of benzene rings is 1. The molecule has 1 fully saturated rings. The van der Waals surface area contributed by atoms with Gasteiger partial charge in [-0.05, 0) is 50.2 Å². The number of anilines is 2. The van der Waals surface area contributed by atoms with E-state index in [1.807, 2.05) is 24.3 Å². The van der Waals surface area contributed by atoms with Gasteiger partial charge in [0.25, 0.3) is 0 Å². The standard InChI is InChI=1S/C21H26F3N3O/c1-3-4-9-15-10-5-8-13-18(15)27(2)19-17(21(22,23)24)14-25-20(26-19)28-16-11-6-7-12-16/h5,8,10,13-14,16H,3-4,6-7,9,11-12H2,1-2H3. The van der Waals surface area contributed by atoms with Crippen LogP contribution in [-0.2, 0) is 12.6 Å². The van der Waals surface area contributed by atoms with Gasteiger partial charge in [-0.3, -0.25) is 0 Å². The lowest BCUT2D eigenvalue weighted by Crippen LogP contribution is -2.21. The van der Waals surface area contributed by atoms with E-state index in [2.05, 4.69) is 16.9 Å². The largest absolute Gasteiger partial charge is 0.460 e. The van der Waals surface area contributed by atoms with E-state index in [4.69, 9.17) is 4.74 Å². The van der Waals surface area contributed by atoms with Gasteiger partial charge < -0.3 is 9.64 Å². The van der Waals surface area contributed by atoms with E-state index in [1.165, 1.54) is 4.90 Å². The van der Waals surface area contributed by atoms with Crippen LogP contribution in [0.15, 0.2) is 30.5 Å². The number of halogens is 3. The molecular formula is C21H26F3N3O. The Kier molecular flexibility index (Phi) is 6.42. The smallest absolute Gasteiger partial charge is 0.421 e. The first kappa shape index (κ1) is 20.4. The van der Waals surface area contributed by atoms with Gasteiger partial charge in [-0.1, -0.05) is 31.5 Å². The molecule has 1 saturated carbocycles. The lowest BCUT2D eigenvalue weighted by molar-refractivity contribution is -0.137. The van der Waals surface area contributed by atoms with Crippen LogP contribution < -0.4 is 9.64 Å². The van der Waals surface area contributed by atoms with Crippen molar-refractivity contribution >= 4 is 11.5 Å². The summed E-state index contributed by atoms with van der Waals surface area (Å²) in [4.78, 5) is 9.51. The number of unbranched alkanes of at least 4 members (excludes halogenated alkanes) is 1. The molecule has 4 nitrogen and oxygen atoms in total. The topological polar surface area (TPSA) is 38.2 Å². The fraction of sp³-hybridized carbons (Fsp3) is 0.524. The lowest BCUT2D eigenvalue weighted by Gasteiger charge is -2.25. The van der Waals surface area contributed by atoms with Gasteiger partial charge in [0.05, 0.1) is 0 Å².